The molecule has 3 rings (SSSR count). The SMILES string of the molecule is Cc1cccc2c1CCCC2NC1CC1. The Kier molecular flexibility index (Phi) is 2.28. The average Bonchev–Trinajstić information content (AvgIpc) is 3.04. The molecule has 0 radical (unpaired) electrons. The number of nitrogens with one attached hydrogen (secondary N) is 1. The van der Waals surface area contributed by atoms with Crippen molar-refractivity contribution in [1.29, 1.82) is 0 Å². The molecule has 1 atom stereocenters. The van der Waals surface area contributed by atoms with Crippen LogP contribution >= 0.6 is 0 Å². The van der Waals surface area contributed by atoms with Crippen molar-refractivity contribution in [1.82, 2.24) is 5.32 Å². The summed E-state index contributed by atoms with van der Waals surface area (Å²) in [7, 11) is 0. The van der Waals surface area contributed by atoms with Crippen LogP contribution in [0.3, 0.4) is 0 Å². The molecule has 1 saturated carbocycles. The fourth-order valence-electron chi connectivity index (χ4n) is 2.74. The van der Waals surface area contributed by atoms with Gasteiger partial charge in [0.1, 0.15) is 0 Å². The second-order valence-electron chi connectivity index (χ2n) is 5.03. The van der Waals surface area contributed by atoms with Gasteiger partial charge in [0.05, 0.1) is 0 Å². The van der Waals surface area contributed by atoms with Crippen molar-refractivity contribution in [3.8, 4) is 0 Å². The van der Waals surface area contributed by atoms with Crippen LogP contribution in [0.15, 0.2) is 18.2 Å². The quantitative estimate of drug-likeness (QED) is 0.775. The lowest BCUT2D eigenvalue weighted by Crippen LogP contribution is -2.27. The molecule has 1 aromatic carbocycles. The van der Waals surface area contributed by atoms with E-state index in [1.165, 1.54) is 37.7 Å². The molecule has 15 heavy (non-hydrogen) atoms. The maximum absolute atomic E-state index is 3.78. The third-order valence-electron chi connectivity index (χ3n) is 3.76. The predicted octanol–water partition coefficient (Wildman–Crippen LogP) is 3.12. The first-order valence-electron chi connectivity index (χ1n) is 6.19. The van der Waals surface area contributed by atoms with E-state index in [0.29, 0.717) is 6.04 Å². The van der Waals surface area contributed by atoms with Crippen LogP contribution in [0, 0.1) is 6.92 Å². The van der Waals surface area contributed by atoms with Gasteiger partial charge in [-0.25, -0.2) is 0 Å². The van der Waals surface area contributed by atoms with Crippen LogP contribution < -0.4 is 5.32 Å². The molecular weight excluding hydrogens is 182 g/mol. The smallest absolute Gasteiger partial charge is 0.0325 e. The Balaban J connectivity index is 1.91. The Hall–Kier alpha value is -0.820. The number of aryl methyl sites for hydroxylation is 1. The minimum absolute atomic E-state index is 0.640. The van der Waals surface area contributed by atoms with Crippen molar-refractivity contribution < 1.29 is 0 Å². The van der Waals surface area contributed by atoms with Gasteiger partial charge in [0, 0.05) is 12.1 Å². The number of hydrogen-bond acceptors (Lipinski definition) is 1. The zero-order valence-corrected chi connectivity index (χ0v) is 9.42. The topological polar surface area (TPSA) is 12.0 Å². The predicted molar refractivity (Wildman–Crippen MR) is 63.0 cm³/mol. The van der Waals surface area contributed by atoms with Crippen LogP contribution in [0.4, 0.5) is 0 Å². The van der Waals surface area contributed by atoms with E-state index in [1.54, 1.807) is 11.1 Å². The number of hydrogen-bond donors (Lipinski definition) is 1. The summed E-state index contributed by atoms with van der Waals surface area (Å²) in [5.74, 6) is 0. The molecule has 1 heteroatoms. The lowest BCUT2D eigenvalue weighted by molar-refractivity contribution is 0.456. The van der Waals surface area contributed by atoms with E-state index in [0.717, 1.165) is 6.04 Å². The lowest BCUT2D eigenvalue weighted by atomic mass is 9.85. The lowest BCUT2D eigenvalue weighted by Gasteiger charge is -2.27. The van der Waals surface area contributed by atoms with Crippen LogP contribution in [-0.2, 0) is 6.42 Å². The Bertz CT molecular complexity index is 366. The van der Waals surface area contributed by atoms with Gasteiger partial charge in [-0.2, -0.15) is 0 Å². The summed E-state index contributed by atoms with van der Waals surface area (Å²) < 4.78 is 0. The zero-order valence-electron chi connectivity index (χ0n) is 9.42. The third-order valence-corrected chi connectivity index (χ3v) is 3.76. The van der Waals surface area contributed by atoms with E-state index in [2.05, 4.69) is 30.4 Å². The molecule has 0 aliphatic heterocycles. The van der Waals surface area contributed by atoms with Gasteiger partial charge in [-0.05, 0) is 55.7 Å². The Morgan fingerprint density at radius 1 is 1.20 bits per heavy atom. The maximum atomic E-state index is 3.78. The Labute approximate surface area is 91.9 Å². The molecule has 2 aliphatic carbocycles. The summed E-state index contributed by atoms with van der Waals surface area (Å²) in [4.78, 5) is 0. The normalized spacial score (nSPS) is 25.0. The van der Waals surface area contributed by atoms with Crippen molar-refractivity contribution in [2.24, 2.45) is 0 Å². The number of benzene rings is 1. The largest absolute Gasteiger partial charge is 0.307 e. The molecule has 0 spiro atoms. The van der Waals surface area contributed by atoms with E-state index in [1.807, 2.05) is 0 Å². The first kappa shape index (κ1) is 9.41. The van der Waals surface area contributed by atoms with Gasteiger partial charge in [0.25, 0.3) is 0 Å². The van der Waals surface area contributed by atoms with E-state index >= 15 is 0 Å². The molecule has 0 bridgehead atoms. The summed E-state index contributed by atoms with van der Waals surface area (Å²) in [5.41, 5.74) is 4.67. The van der Waals surface area contributed by atoms with Gasteiger partial charge < -0.3 is 5.32 Å². The fourth-order valence-corrected chi connectivity index (χ4v) is 2.74. The van der Waals surface area contributed by atoms with Gasteiger partial charge in [-0.3, -0.25) is 0 Å². The molecule has 80 valence electrons. The zero-order chi connectivity index (χ0) is 10.3. The molecule has 0 aromatic heterocycles. The van der Waals surface area contributed by atoms with E-state index in [-0.39, 0.29) is 0 Å². The monoisotopic (exact) mass is 201 g/mol. The molecule has 0 saturated heterocycles. The second kappa shape index (κ2) is 3.64. The first-order chi connectivity index (χ1) is 7.34. The van der Waals surface area contributed by atoms with E-state index in [4.69, 9.17) is 0 Å². The molecular formula is C14H19N. The Morgan fingerprint density at radius 3 is 2.87 bits per heavy atom. The molecule has 0 heterocycles. The van der Waals surface area contributed by atoms with E-state index in [9.17, 15) is 0 Å². The summed E-state index contributed by atoms with van der Waals surface area (Å²) >= 11 is 0. The molecule has 2 aliphatic rings. The molecule has 1 N–H and O–H groups in total. The van der Waals surface area contributed by atoms with Crippen LogP contribution in [0.1, 0.15) is 48.4 Å². The summed E-state index contributed by atoms with van der Waals surface area (Å²) in [5, 5.41) is 3.78. The van der Waals surface area contributed by atoms with Crippen molar-refractivity contribution in [2.45, 2.75) is 51.1 Å². The highest BCUT2D eigenvalue weighted by Gasteiger charge is 2.28. The van der Waals surface area contributed by atoms with Crippen molar-refractivity contribution >= 4 is 0 Å². The third kappa shape index (κ3) is 1.81. The standard InChI is InChI=1S/C14H19N/c1-10-4-2-6-13-12(10)5-3-7-14(13)15-11-8-9-11/h2,4,6,11,14-15H,3,5,7-9H2,1H3. The summed E-state index contributed by atoms with van der Waals surface area (Å²) in [6, 6.07) is 8.24. The van der Waals surface area contributed by atoms with Crippen molar-refractivity contribution in [3.05, 3.63) is 34.9 Å². The second-order valence-corrected chi connectivity index (χ2v) is 5.03. The van der Waals surface area contributed by atoms with Crippen LogP contribution in [-0.4, -0.2) is 6.04 Å². The van der Waals surface area contributed by atoms with Crippen LogP contribution in [0.25, 0.3) is 0 Å². The summed E-state index contributed by atoms with van der Waals surface area (Å²) in [6.07, 6.45) is 6.73. The highest BCUT2D eigenvalue weighted by atomic mass is 15.0. The van der Waals surface area contributed by atoms with Gasteiger partial charge in [-0.1, -0.05) is 18.2 Å². The van der Waals surface area contributed by atoms with Gasteiger partial charge in [0.15, 0.2) is 0 Å². The Morgan fingerprint density at radius 2 is 2.07 bits per heavy atom. The summed E-state index contributed by atoms with van der Waals surface area (Å²) in [6.45, 7) is 2.25. The molecule has 1 unspecified atom stereocenters. The van der Waals surface area contributed by atoms with Gasteiger partial charge >= 0.3 is 0 Å². The molecule has 1 aromatic rings. The minimum Gasteiger partial charge on any atom is -0.307 e. The number of fused-ring (bicyclic) bond motifs is 1. The van der Waals surface area contributed by atoms with Crippen molar-refractivity contribution in [2.75, 3.05) is 0 Å². The van der Waals surface area contributed by atoms with Crippen LogP contribution in [0.5, 0.6) is 0 Å². The maximum Gasteiger partial charge on any atom is 0.0325 e. The highest BCUT2D eigenvalue weighted by Crippen LogP contribution is 2.34. The highest BCUT2D eigenvalue weighted by molar-refractivity contribution is 5.38. The molecule has 1 fully saturated rings. The van der Waals surface area contributed by atoms with Crippen molar-refractivity contribution in [3.63, 3.8) is 0 Å². The fraction of sp³-hybridized carbons (Fsp3) is 0.571. The minimum atomic E-state index is 0.640. The first-order valence-corrected chi connectivity index (χ1v) is 6.19. The molecule has 0 amide bonds. The van der Waals surface area contributed by atoms with E-state index < -0.39 is 0 Å². The van der Waals surface area contributed by atoms with Gasteiger partial charge in [0.2, 0.25) is 0 Å². The van der Waals surface area contributed by atoms with Crippen LogP contribution in [0.2, 0.25) is 0 Å². The average molecular weight is 201 g/mol. The molecule has 1 nitrogen and oxygen atoms in total. The number of rotatable bonds is 2. The van der Waals surface area contributed by atoms with Gasteiger partial charge in [-0.15, -0.1) is 0 Å².